The summed E-state index contributed by atoms with van der Waals surface area (Å²) < 4.78 is 0. The number of nitrogens with one attached hydrogen (secondary N) is 1. The van der Waals surface area contributed by atoms with Crippen molar-refractivity contribution in [1.29, 1.82) is 0 Å². The van der Waals surface area contributed by atoms with E-state index in [1.54, 1.807) is 12.4 Å². The van der Waals surface area contributed by atoms with Gasteiger partial charge in [0, 0.05) is 25.0 Å². The van der Waals surface area contributed by atoms with E-state index in [1.165, 1.54) is 12.8 Å². The highest BCUT2D eigenvalue weighted by Gasteiger charge is 2.32. The normalized spacial score (nSPS) is 17.5. The summed E-state index contributed by atoms with van der Waals surface area (Å²) in [6, 6.07) is 2.52. The topological polar surface area (TPSA) is 28.2 Å². The van der Waals surface area contributed by atoms with E-state index in [0.29, 0.717) is 11.1 Å². The van der Waals surface area contributed by atoms with E-state index >= 15 is 0 Å². The lowest BCUT2D eigenvalue weighted by atomic mass is 10.1. The molecule has 0 spiro atoms. The standard InChI is InChI=1S/C12H18ClN3/c1-16(2)12(9-3-4-9)8-15-11-5-6-14-7-10(11)13/h5-7,9,12H,3-4,8H2,1-2H3,(H,14,15)/t12-/m0/s1. The maximum atomic E-state index is 6.04. The minimum Gasteiger partial charge on any atom is -0.382 e. The maximum absolute atomic E-state index is 6.04. The van der Waals surface area contributed by atoms with Crippen LogP contribution < -0.4 is 5.32 Å². The fourth-order valence-electron chi connectivity index (χ4n) is 1.98. The van der Waals surface area contributed by atoms with Crippen LogP contribution in [0.15, 0.2) is 18.5 Å². The van der Waals surface area contributed by atoms with Crippen LogP contribution in [0.3, 0.4) is 0 Å². The molecular weight excluding hydrogens is 222 g/mol. The molecule has 2 rings (SSSR count). The Bertz CT molecular complexity index is 348. The Kier molecular flexibility index (Phi) is 3.66. The van der Waals surface area contributed by atoms with Crippen molar-refractivity contribution in [3.05, 3.63) is 23.5 Å². The van der Waals surface area contributed by atoms with Gasteiger partial charge >= 0.3 is 0 Å². The third-order valence-corrected chi connectivity index (χ3v) is 3.40. The van der Waals surface area contributed by atoms with Gasteiger partial charge in [-0.3, -0.25) is 4.98 Å². The molecule has 1 aliphatic carbocycles. The molecule has 0 unspecified atom stereocenters. The molecule has 4 heteroatoms. The van der Waals surface area contributed by atoms with Crippen LogP contribution in [0.2, 0.25) is 5.02 Å². The van der Waals surface area contributed by atoms with Crippen LogP contribution in [0.1, 0.15) is 12.8 Å². The summed E-state index contributed by atoms with van der Waals surface area (Å²) in [6.07, 6.45) is 6.14. The summed E-state index contributed by atoms with van der Waals surface area (Å²) in [5.41, 5.74) is 0.976. The number of halogens is 1. The monoisotopic (exact) mass is 239 g/mol. The van der Waals surface area contributed by atoms with Gasteiger partial charge in [-0.2, -0.15) is 0 Å². The van der Waals surface area contributed by atoms with Gasteiger partial charge in [0.1, 0.15) is 0 Å². The van der Waals surface area contributed by atoms with Gasteiger partial charge in [0.05, 0.1) is 10.7 Å². The molecule has 0 bridgehead atoms. The van der Waals surface area contributed by atoms with Gasteiger partial charge in [-0.15, -0.1) is 0 Å². The molecule has 0 aromatic carbocycles. The second-order valence-electron chi connectivity index (χ2n) is 4.60. The Labute approximate surface area is 102 Å². The number of anilines is 1. The molecule has 1 saturated carbocycles. The van der Waals surface area contributed by atoms with Crippen LogP contribution >= 0.6 is 11.6 Å². The number of likely N-dealkylation sites (N-methyl/N-ethyl adjacent to an activating group) is 1. The first-order chi connectivity index (χ1) is 7.68. The second kappa shape index (κ2) is 5.02. The van der Waals surface area contributed by atoms with Gasteiger partial charge in [0.2, 0.25) is 0 Å². The molecule has 1 aromatic rings. The smallest absolute Gasteiger partial charge is 0.0820 e. The van der Waals surface area contributed by atoms with Crippen molar-refractivity contribution in [3.8, 4) is 0 Å². The van der Waals surface area contributed by atoms with E-state index in [1.807, 2.05) is 6.07 Å². The Morgan fingerprint density at radius 1 is 1.56 bits per heavy atom. The number of pyridine rings is 1. The Balaban J connectivity index is 1.93. The first-order valence-corrected chi connectivity index (χ1v) is 6.06. The molecule has 88 valence electrons. The molecule has 3 nitrogen and oxygen atoms in total. The van der Waals surface area contributed by atoms with Crippen molar-refractivity contribution in [2.45, 2.75) is 18.9 Å². The van der Waals surface area contributed by atoms with E-state index in [2.05, 4.69) is 29.3 Å². The summed E-state index contributed by atoms with van der Waals surface area (Å²) in [5, 5.41) is 4.09. The summed E-state index contributed by atoms with van der Waals surface area (Å²) in [4.78, 5) is 6.26. The number of aromatic nitrogens is 1. The van der Waals surface area contributed by atoms with Gasteiger partial charge in [0.25, 0.3) is 0 Å². The van der Waals surface area contributed by atoms with E-state index in [-0.39, 0.29) is 0 Å². The Morgan fingerprint density at radius 2 is 2.31 bits per heavy atom. The minimum atomic E-state index is 0.601. The van der Waals surface area contributed by atoms with Gasteiger partial charge in [0.15, 0.2) is 0 Å². The van der Waals surface area contributed by atoms with Gasteiger partial charge < -0.3 is 10.2 Å². The molecule has 16 heavy (non-hydrogen) atoms. The zero-order valence-electron chi connectivity index (χ0n) is 9.78. The van der Waals surface area contributed by atoms with Crippen LogP contribution in [0.25, 0.3) is 0 Å². The highest BCUT2D eigenvalue weighted by atomic mass is 35.5. The van der Waals surface area contributed by atoms with E-state index in [4.69, 9.17) is 11.6 Å². The predicted molar refractivity (Wildman–Crippen MR) is 67.9 cm³/mol. The molecule has 1 N–H and O–H groups in total. The van der Waals surface area contributed by atoms with Crippen molar-refractivity contribution in [2.75, 3.05) is 26.0 Å². The van der Waals surface area contributed by atoms with Crippen molar-refractivity contribution in [3.63, 3.8) is 0 Å². The lowest BCUT2D eigenvalue weighted by Gasteiger charge is -2.25. The molecule has 0 aliphatic heterocycles. The summed E-state index contributed by atoms with van der Waals surface area (Å²) in [7, 11) is 4.28. The molecule has 1 aliphatic rings. The summed E-state index contributed by atoms with van der Waals surface area (Å²) >= 11 is 6.04. The Morgan fingerprint density at radius 3 is 2.88 bits per heavy atom. The predicted octanol–water partition coefficient (Wildman–Crippen LogP) is 2.49. The number of rotatable bonds is 5. The zero-order valence-corrected chi connectivity index (χ0v) is 10.5. The Hall–Kier alpha value is -0.800. The largest absolute Gasteiger partial charge is 0.382 e. The van der Waals surface area contributed by atoms with Gasteiger partial charge in [-0.05, 0) is 38.9 Å². The first-order valence-electron chi connectivity index (χ1n) is 5.68. The fraction of sp³-hybridized carbons (Fsp3) is 0.583. The second-order valence-corrected chi connectivity index (χ2v) is 5.01. The van der Waals surface area contributed by atoms with Crippen LogP contribution in [-0.4, -0.2) is 36.6 Å². The highest BCUT2D eigenvalue weighted by Crippen LogP contribution is 2.34. The first kappa shape index (κ1) is 11.7. The van der Waals surface area contributed by atoms with E-state index in [9.17, 15) is 0 Å². The minimum absolute atomic E-state index is 0.601. The molecule has 1 fully saturated rings. The van der Waals surface area contributed by atoms with E-state index in [0.717, 1.165) is 18.2 Å². The van der Waals surface area contributed by atoms with Crippen LogP contribution in [0.5, 0.6) is 0 Å². The SMILES string of the molecule is CN(C)[C@@H](CNc1ccncc1Cl)C1CC1. The molecule has 1 atom stereocenters. The van der Waals surface area contributed by atoms with Gasteiger partial charge in [-0.25, -0.2) is 0 Å². The molecule has 0 radical (unpaired) electrons. The van der Waals surface area contributed by atoms with Crippen molar-refractivity contribution in [2.24, 2.45) is 5.92 Å². The maximum Gasteiger partial charge on any atom is 0.0820 e. The zero-order chi connectivity index (χ0) is 11.5. The lowest BCUT2D eigenvalue weighted by molar-refractivity contribution is 0.276. The lowest BCUT2D eigenvalue weighted by Crippen LogP contribution is -2.36. The molecule has 0 saturated heterocycles. The summed E-state index contributed by atoms with van der Waals surface area (Å²) in [6.45, 7) is 0.946. The average molecular weight is 240 g/mol. The van der Waals surface area contributed by atoms with E-state index < -0.39 is 0 Å². The average Bonchev–Trinajstić information content (AvgIpc) is 3.04. The fourth-order valence-corrected chi connectivity index (χ4v) is 2.17. The third kappa shape index (κ3) is 2.86. The van der Waals surface area contributed by atoms with Crippen LogP contribution in [0, 0.1) is 5.92 Å². The summed E-state index contributed by atoms with van der Waals surface area (Å²) in [5.74, 6) is 0.850. The molecule has 0 amide bonds. The number of hydrogen-bond acceptors (Lipinski definition) is 3. The van der Waals surface area contributed by atoms with Gasteiger partial charge in [-0.1, -0.05) is 11.6 Å². The van der Waals surface area contributed by atoms with Crippen molar-refractivity contribution < 1.29 is 0 Å². The van der Waals surface area contributed by atoms with Crippen molar-refractivity contribution in [1.82, 2.24) is 9.88 Å². The highest BCUT2D eigenvalue weighted by molar-refractivity contribution is 6.33. The number of nitrogens with zero attached hydrogens (tertiary/aromatic N) is 2. The number of hydrogen-bond donors (Lipinski definition) is 1. The van der Waals surface area contributed by atoms with Crippen molar-refractivity contribution >= 4 is 17.3 Å². The quantitative estimate of drug-likeness (QED) is 0.856. The molecule has 1 aromatic heterocycles. The van der Waals surface area contributed by atoms with Crippen LogP contribution in [0.4, 0.5) is 5.69 Å². The molecular formula is C12H18ClN3. The molecule has 1 heterocycles. The van der Waals surface area contributed by atoms with Crippen LogP contribution in [-0.2, 0) is 0 Å². The third-order valence-electron chi connectivity index (χ3n) is 3.10.